The number of fused-ring (bicyclic) bond motifs is 1. The van der Waals surface area contributed by atoms with Gasteiger partial charge in [0.15, 0.2) is 0 Å². The van der Waals surface area contributed by atoms with Crippen molar-refractivity contribution in [3.05, 3.63) is 42.6 Å². The molecular formula is C12H12N2. The lowest BCUT2D eigenvalue weighted by Gasteiger charge is -2.06. The Morgan fingerprint density at radius 2 is 1.93 bits per heavy atom. The fraction of sp³-hybridized carbons (Fsp3) is 0.0833. The minimum absolute atomic E-state index is 0.575. The third kappa shape index (κ3) is 1.25. The van der Waals surface area contributed by atoms with Crippen LogP contribution >= 0.6 is 0 Å². The number of benzene rings is 1. The predicted octanol–water partition coefficient (Wildman–Crippen LogP) is 2.85. The molecule has 2 N–H and O–H groups in total. The van der Waals surface area contributed by atoms with E-state index in [1.165, 1.54) is 0 Å². The summed E-state index contributed by atoms with van der Waals surface area (Å²) < 4.78 is 0. The quantitative estimate of drug-likeness (QED) is 0.740. The van der Waals surface area contributed by atoms with Gasteiger partial charge in [-0.15, -0.1) is 0 Å². The Morgan fingerprint density at radius 1 is 1.29 bits per heavy atom. The smallest absolute Gasteiger partial charge is 0.131 e. The molecule has 0 amide bonds. The number of hydrogen-bond acceptors (Lipinski definition) is 2. The van der Waals surface area contributed by atoms with E-state index in [2.05, 4.69) is 11.6 Å². The van der Waals surface area contributed by atoms with Gasteiger partial charge in [0.05, 0.1) is 0 Å². The van der Waals surface area contributed by atoms with E-state index in [9.17, 15) is 0 Å². The molecule has 0 radical (unpaired) electrons. The number of nitrogen functional groups attached to an aromatic ring is 1. The van der Waals surface area contributed by atoms with Crippen LogP contribution in [0.4, 0.5) is 5.82 Å². The zero-order chi connectivity index (χ0) is 10.1. The van der Waals surface area contributed by atoms with Crippen LogP contribution in [0.2, 0.25) is 0 Å². The van der Waals surface area contributed by atoms with Crippen LogP contribution in [0.25, 0.3) is 16.3 Å². The molecule has 0 saturated carbocycles. The number of pyridine rings is 1. The molecule has 0 aliphatic rings. The molecule has 1 aromatic heterocycles. The van der Waals surface area contributed by atoms with Crippen LogP contribution in [-0.4, -0.2) is 4.98 Å². The Bertz CT molecular complexity index is 501. The van der Waals surface area contributed by atoms with E-state index in [1.807, 2.05) is 31.2 Å². The Morgan fingerprint density at radius 3 is 2.57 bits per heavy atom. The van der Waals surface area contributed by atoms with Gasteiger partial charge in [-0.1, -0.05) is 30.8 Å². The summed E-state index contributed by atoms with van der Waals surface area (Å²) in [6.07, 6.45) is 1.78. The van der Waals surface area contributed by atoms with Gasteiger partial charge < -0.3 is 5.73 Å². The second-order valence-electron chi connectivity index (χ2n) is 3.38. The fourth-order valence-corrected chi connectivity index (χ4v) is 1.55. The second-order valence-corrected chi connectivity index (χ2v) is 3.38. The van der Waals surface area contributed by atoms with Crippen molar-refractivity contribution in [3.63, 3.8) is 0 Å². The molecule has 0 fully saturated rings. The van der Waals surface area contributed by atoms with Crippen LogP contribution in [0.3, 0.4) is 0 Å². The van der Waals surface area contributed by atoms with Gasteiger partial charge in [0.25, 0.3) is 0 Å². The summed E-state index contributed by atoms with van der Waals surface area (Å²) in [5.41, 5.74) is 7.86. The zero-order valence-corrected chi connectivity index (χ0v) is 8.12. The lowest BCUT2D eigenvalue weighted by atomic mass is 10.0. The van der Waals surface area contributed by atoms with Gasteiger partial charge in [0.2, 0.25) is 0 Å². The van der Waals surface area contributed by atoms with Crippen LogP contribution in [0.1, 0.15) is 12.5 Å². The van der Waals surface area contributed by atoms with Gasteiger partial charge in [-0.2, -0.15) is 0 Å². The third-order valence-corrected chi connectivity index (χ3v) is 2.29. The molecule has 0 saturated heterocycles. The van der Waals surface area contributed by atoms with Crippen molar-refractivity contribution in [2.45, 2.75) is 6.92 Å². The van der Waals surface area contributed by atoms with Crippen molar-refractivity contribution in [3.8, 4) is 0 Å². The van der Waals surface area contributed by atoms with Gasteiger partial charge in [-0.25, -0.2) is 4.98 Å². The topological polar surface area (TPSA) is 38.9 Å². The summed E-state index contributed by atoms with van der Waals surface area (Å²) in [6.45, 7) is 5.90. The highest BCUT2D eigenvalue weighted by Gasteiger charge is 2.04. The number of nitrogens with zero attached hydrogens (tertiary/aromatic N) is 1. The summed E-state index contributed by atoms with van der Waals surface area (Å²) in [6, 6.07) is 7.97. The lowest BCUT2D eigenvalue weighted by Crippen LogP contribution is -1.93. The van der Waals surface area contributed by atoms with E-state index in [1.54, 1.807) is 6.20 Å². The number of aromatic nitrogens is 1. The molecule has 2 nitrogen and oxygen atoms in total. The third-order valence-electron chi connectivity index (χ3n) is 2.29. The first-order valence-corrected chi connectivity index (χ1v) is 4.49. The maximum atomic E-state index is 5.78. The number of nitrogens with two attached hydrogens (primary N) is 1. The van der Waals surface area contributed by atoms with Crippen LogP contribution < -0.4 is 5.73 Å². The Kier molecular flexibility index (Phi) is 1.97. The average molecular weight is 184 g/mol. The van der Waals surface area contributed by atoms with Crippen molar-refractivity contribution in [2.75, 3.05) is 5.73 Å². The van der Waals surface area contributed by atoms with E-state index >= 15 is 0 Å². The highest BCUT2D eigenvalue weighted by atomic mass is 14.8. The highest BCUT2D eigenvalue weighted by Crippen LogP contribution is 2.25. The number of hydrogen-bond donors (Lipinski definition) is 1. The van der Waals surface area contributed by atoms with E-state index in [0.29, 0.717) is 5.82 Å². The zero-order valence-electron chi connectivity index (χ0n) is 8.12. The molecule has 1 aromatic carbocycles. The molecule has 2 aromatic rings. The predicted molar refractivity (Wildman–Crippen MR) is 60.9 cm³/mol. The van der Waals surface area contributed by atoms with Crippen molar-refractivity contribution >= 4 is 22.2 Å². The molecule has 14 heavy (non-hydrogen) atoms. The molecule has 0 spiro atoms. The summed E-state index contributed by atoms with van der Waals surface area (Å²) >= 11 is 0. The van der Waals surface area contributed by atoms with Crippen molar-refractivity contribution in [1.82, 2.24) is 4.98 Å². The maximum Gasteiger partial charge on any atom is 0.131 e. The first-order valence-electron chi connectivity index (χ1n) is 4.49. The van der Waals surface area contributed by atoms with Crippen LogP contribution in [0.5, 0.6) is 0 Å². The molecule has 0 aliphatic carbocycles. The molecule has 0 atom stereocenters. The van der Waals surface area contributed by atoms with Gasteiger partial charge >= 0.3 is 0 Å². The van der Waals surface area contributed by atoms with E-state index in [0.717, 1.165) is 21.9 Å². The van der Waals surface area contributed by atoms with E-state index in [-0.39, 0.29) is 0 Å². The van der Waals surface area contributed by atoms with E-state index in [4.69, 9.17) is 5.73 Å². The largest absolute Gasteiger partial charge is 0.383 e. The van der Waals surface area contributed by atoms with Gasteiger partial charge in [0, 0.05) is 17.1 Å². The lowest BCUT2D eigenvalue weighted by molar-refractivity contribution is 1.35. The summed E-state index contributed by atoms with van der Waals surface area (Å²) in [4.78, 5) is 4.15. The summed E-state index contributed by atoms with van der Waals surface area (Å²) in [5.74, 6) is 0.575. The Labute approximate surface area is 83.1 Å². The standard InChI is InChI=1S/C12H12N2/c1-8(2)11-7-14-12(13)10-6-4-3-5-9(10)11/h3-7H,1H2,2H3,(H2,13,14). The molecule has 70 valence electrons. The minimum atomic E-state index is 0.575. The molecule has 2 rings (SSSR count). The monoisotopic (exact) mass is 184 g/mol. The number of rotatable bonds is 1. The molecular weight excluding hydrogens is 172 g/mol. The van der Waals surface area contributed by atoms with Gasteiger partial charge in [-0.05, 0) is 17.9 Å². The van der Waals surface area contributed by atoms with Gasteiger partial charge in [-0.3, -0.25) is 0 Å². The molecule has 0 aliphatic heterocycles. The maximum absolute atomic E-state index is 5.78. The number of allylic oxidation sites excluding steroid dienone is 1. The van der Waals surface area contributed by atoms with E-state index < -0.39 is 0 Å². The van der Waals surface area contributed by atoms with Crippen molar-refractivity contribution in [1.29, 1.82) is 0 Å². The van der Waals surface area contributed by atoms with Gasteiger partial charge in [0.1, 0.15) is 5.82 Å². The molecule has 0 unspecified atom stereocenters. The SMILES string of the molecule is C=C(C)c1cnc(N)c2ccccc12. The fourth-order valence-electron chi connectivity index (χ4n) is 1.55. The van der Waals surface area contributed by atoms with Crippen LogP contribution in [0, 0.1) is 0 Å². The normalized spacial score (nSPS) is 10.4. The Hall–Kier alpha value is -1.83. The van der Waals surface area contributed by atoms with Crippen LogP contribution in [0.15, 0.2) is 37.0 Å². The average Bonchev–Trinajstić information content (AvgIpc) is 2.18. The minimum Gasteiger partial charge on any atom is -0.383 e. The first kappa shape index (κ1) is 8.75. The molecule has 0 bridgehead atoms. The van der Waals surface area contributed by atoms with Crippen LogP contribution in [-0.2, 0) is 0 Å². The first-order chi connectivity index (χ1) is 6.70. The summed E-state index contributed by atoms with van der Waals surface area (Å²) in [5, 5.41) is 2.11. The van der Waals surface area contributed by atoms with Crippen molar-refractivity contribution in [2.24, 2.45) is 0 Å². The number of anilines is 1. The summed E-state index contributed by atoms with van der Waals surface area (Å²) in [7, 11) is 0. The molecule has 2 heteroatoms. The Balaban J connectivity index is 2.88. The second kappa shape index (κ2) is 3.14. The molecule has 1 heterocycles. The highest BCUT2D eigenvalue weighted by molar-refractivity contribution is 5.98. The van der Waals surface area contributed by atoms with Crippen molar-refractivity contribution < 1.29 is 0 Å².